The molecule has 0 unspecified atom stereocenters. The summed E-state index contributed by atoms with van der Waals surface area (Å²) in [7, 11) is 0. The second kappa shape index (κ2) is 4.89. The number of nitrogens with zero attached hydrogens (tertiary/aromatic N) is 1. The Labute approximate surface area is 106 Å². The standard InChI is InChI=1S/C15H13FN2/c1-10-3-5-12(9-17)15(7-10)18-14-8-13(16)6-4-11(14)2/h3-8,18H,1-2H3. The molecule has 0 saturated carbocycles. The van der Waals surface area contributed by atoms with E-state index in [0.29, 0.717) is 16.9 Å². The topological polar surface area (TPSA) is 35.8 Å². The summed E-state index contributed by atoms with van der Waals surface area (Å²) in [6, 6.07) is 12.2. The number of nitrogens with one attached hydrogen (secondary N) is 1. The quantitative estimate of drug-likeness (QED) is 0.859. The minimum absolute atomic E-state index is 0.297. The lowest BCUT2D eigenvalue weighted by Gasteiger charge is -2.11. The van der Waals surface area contributed by atoms with E-state index in [1.807, 2.05) is 26.0 Å². The van der Waals surface area contributed by atoms with Gasteiger partial charge in [-0.3, -0.25) is 0 Å². The summed E-state index contributed by atoms with van der Waals surface area (Å²) in [6.07, 6.45) is 0. The predicted molar refractivity (Wildman–Crippen MR) is 70.3 cm³/mol. The third-order valence-corrected chi connectivity index (χ3v) is 2.76. The number of nitriles is 1. The van der Waals surface area contributed by atoms with Crippen molar-refractivity contribution in [3.8, 4) is 6.07 Å². The third-order valence-electron chi connectivity index (χ3n) is 2.76. The summed E-state index contributed by atoms with van der Waals surface area (Å²) < 4.78 is 13.2. The smallest absolute Gasteiger partial charge is 0.125 e. The van der Waals surface area contributed by atoms with Crippen LogP contribution in [-0.4, -0.2) is 0 Å². The highest BCUT2D eigenvalue weighted by atomic mass is 19.1. The van der Waals surface area contributed by atoms with E-state index in [-0.39, 0.29) is 5.82 Å². The zero-order chi connectivity index (χ0) is 13.1. The molecule has 0 fully saturated rings. The van der Waals surface area contributed by atoms with Crippen molar-refractivity contribution in [2.75, 3.05) is 5.32 Å². The minimum atomic E-state index is -0.297. The SMILES string of the molecule is Cc1ccc(C#N)c(Nc2cc(F)ccc2C)c1. The van der Waals surface area contributed by atoms with Gasteiger partial charge in [0.05, 0.1) is 11.3 Å². The van der Waals surface area contributed by atoms with Gasteiger partial charge in [0.15, 0.2) is 0 Å². The number of anilines is 2. The van der Waals surface area contributed by atoms with Gasteiger partial charge in [0, 0.05) is 5.69 Å². The van der Waals surface area contributed by atoms with E-state index in [4.69, 9.17) is 5.26 Å². The molecule has 2 rings (SSSR count). The first kappa shape index (κ1) is 12.1. The van der Waals surface area contributed by atoms with Crippen LogP contribution in [0.5, 0.6) is 0 Å². The van der Waals surface area contributed by atoms with Crippen LogP contribution in [0.3, 0.4) is 0 Å². The van der Waals surface area contributed by atoms with Crippen LogP contribution in [0.2, 0.25) is 0 Å². The molecule has 90 valence electrons. The molecular formula is C15H13FN2. The van der Waals surface area contributed by atoms with Crippen molar-refractivity contribution in [3.05, 3.63) is 58.9 Å². The average Bonchev–Trinajstić information content (AvgIpc) is 2.34. The number of hydrogen-bond acceptors (Lipinski definition) is 2. The van der Waals surface area contributed by atoms with Gasteiger partial charge in [-0.2, -0.15) is 5.26 Å². The maximum Gasteiger partial charge on any atom is 0.125 e. The van der Waals surface area contributed by atoms with Gasteiger partial charge in [-0.05, 0) is 49.2 Å². The molecule has 0 atom stereocenters. The molecule has 0 aromatic heterocycles. The molecule has 1 N–H and O–H groups in total. The zero-order valence-electron chi connectivity index (χ0n) is 10.3. The summed E-state index contributed by atoms with van der Waals surface area (Å²) in [5, 5.41) is 12.2. The lowest BCUT2D eigenvalue weighted by molar-refractivity contribution is 0.628. The largest absolute Gasteiger partial charge is 0.354 e. The second-order valence-corrected chi connectivity index (χ2v) is 4.25. The zero-order valence-corrected chi connectivity index (χ0v) is 10.3. The van der Waals surface area contributed by atoms with E-state index in [1.54, 1.807) is 12.1 Å². The Morgan fingerprint density at radius 2 is 1.83 bits per heavy atom. The van der Waals surface area contributed by atoms with Crippen molar-refractivity contribution in [3.63, 3.8) is 0 Å². The van der Waals surface area contributed by atoms with Crippen molar-refractivity contribution in [2.45, 2.75) is 13.8 Å². The first-order valence-electron chi connectivity index (χ1n) is 5.64. The molecule has 0 aliphatic rings. The van der Waals surface area contributed by atoms with Crippen molar-refractivity contribution < 1.29 is 4.39 Å². The molecule has 2 aromatic rings. The van der Waals surface area contributed by atoms with Gasteiger partial charge in [-0.15, -0.1) is 0 Å². The van der Waals surface area contributed by atoms with Gasteiger partial charge in [0.1, 0.15) is 11.9 Å². The second-order valence-electron chi connectivity index (χ2n) is 4.25. The maximum absolute atomic E-state index is 13.2. The van der Waals surface area contributed by atoms with Gasteiger partial charge in [-0.1, -0.05) is 12.1 Å². The lowest BCUT2D eigenvalue weighted by atomic mass is 10.1. The molecule has 0 radical (unpaired) electrons. The maximum atomic E-state index is 13.2. The minimum Gasteiger partial charge on any atom is -0.354 e. The highest BCUT2D eigenvalue weighted by Gasteiger charge is 2.05. The molecule has 0 heterocycles. The summed E-state index contributed by atoms with van der Waals surface area (Å²) in [5.41, 5.74) is 3.90. The Balaban J connectivity index is 2.43. The Bertz CT molecular complexity index is 627. The molecule has 2 nitrogen and oxygen atoms in total. The van der Waals surface area contributed by atoms with E-state index in [1.165, 1.54) is 12.1 Å². The molecule has 3 heteroatoms. The Kier molecular flexibility index (Phi) is 3.29. The molecular weight excluding hydrogens is 227 g/mol. The number of hydrogen-bond donors (Lipinski definition) is 1. The lowest BCUT2D eigenvalue weighted by Crippen LogP contribution is -1.97. The summed E-state index contributed by atoms with van der Waals surface area (Å²) in [5.74, 6) is -0.297. The molecule has 0 spiro atoms. The van der Waals surface area contributed by atoms with E-state index in [0.717, 1.165) is 11.1 Å². The first-order valence-corrected chi connectivity index (χ1v) is 5.64. The highest BCUT2D eigenvalue weighted by Crippen LogP contribution is 2.24. The fourth-order valence-electron chi connectivity index (χ4n) is 1.73. The van der Waals surface area contributed by atoms with Crippen LogP contribution >= 0.6 is 0 Å². The summed E-state index contributed by atoms with van der Waals surface area (Å²) >= 11 is 0. The van der Waals surface area contributed by atoms with Crippen LogP contribution in [0.15, 0.2) is 36.4 Å². The van der Waals surface area contributed by atoms with Gasteiger partial charge >= 0.3 is 0 Å². The first-order chi connectivity index (χ1) is 8.60. The molecule has 0 saturated heterocycles. The third kappa shape index (κ3) is 2.49. The monoisotopic (exact) mass is 240 g/mol. The summed E-state index contributed by atoms with van der Waals surface area (Å²) in [6.45, 7) is 3.84. The van der Waals surface area contributed by atoms with Crippen LogP contribution < -0.4 is 5.32 Å². The number of benzene rings is 2. The van der Waals surface area contributed by atoms with Crippen molar-refractivity contribution in [1.82, 2.24) is 0 Å². The summed E-state index contributed by atoms with van der Waals surface area (Å²) in [4.78, 5) is 0. The average molecular weight is 240 g/mol. The number of rotatable bonds is 2. The van der Waals surface area contributed by atoms with Crippen molar-refractivity contribution >= 4 is 11.4 Å². The highest BCUT2D eigenvalue weighted by molar-refractivity contribution is 5.69. The molecule has 0 aliphatic carbocycles. The number of halogens is 1. The van der Waals surface area contributed by atoms with Gasteiger partial charge < -0.3 is 5.32 Å². The predicted octanol–water partition coefficient (Wildman–Crippen LogP) is 4.06. The van der Waals surface area contributed by atoms with Crippen molar-refractivity contribution in [2.24, 2.45) is 0 Å². The van der Waals surface area contributed by atoms with E-state index in [9.17, 15) is 4.39 Å². The van der Waals surface area contributed by atoms with Crippen LogP contribution in [0.25, 0.3) is 0 Å². The van der Waals surface area contributed by atoms with Gasteiger partial charge in [0.2, 0.25) is 0 Å². The van der Waals surface area contributed by atoms with Crippen LogP contribution in [0, 0.1) is 31.0 Å². The number of aryl methyl sites for hydroxylation is 2. The molecule has 18 heavy (non-hydrogen) atoms. The molecule has 0 amide bonds. The van der Waals surface area contributed by atoms with Gasteiger partial charge in [-0.25, -0.2) is 4.39 Å². The fraction of sp³-hybridized carbons (Fsp3) is 0.133. The Morgan fingerprint density at radius 1 is 1.06 bits per heavy atom. The van der Waals surface area contributed by atoms with E-state index >= 15 is 0 Å². The molecule has 2 aromatic carbocycles. The van der Waals surface area contributed by atoms with Crippen LogP contribution in [0.4, 0.5) is 15.8 Å². The molecule has 0 bridgehead atoms. The van der Waals surface area contributed by atoms with Gasteiger partial charge in [0.25, 0.3) is 0 Å². The van der Waals surface area contributed by atoms with Crippen molar-refractivity contribution in [1.29, 1.82) is 5.26 Å². The fourth-order valence-corrected chi connectivity index (χ4v) is 1.73. The Hall–Kier alpha value is -2.34. The van der Waals surface area contributed by atoms with E-state index < -0.39 is 0 Å². The Morgan fingerprint density at radius 3 is 2.56 bits per heavy atom. The van der Waals surface area contributed by atoms with E-state index in [2.05, 4.69) is 11.4 Å². The van der Waals surface area contributed by atoms with Crippen LogP contribution in [-0.2, 0) is 0 Å². The van der Waals surface area contributed by atoms with Crippen LogP contribution in [0.1, 0.15) is 16.7 Å². The normalized spacial score (nSPS) is 9.89. The molecule has 0 aliphatic heterocycles.